The standard InChI is InChI=1S/C18H21N5O3/c1-20-10-14(9-19-20)23-13-18(8-16(23)25)5-7-22(12-18)17(26)11-21-6-3-2-4-15(21)24/h2-4,6,9-10H,5,7-8,11-13H2,1H3. The van der Waals surface area contributed by atoms with Crippen molar-refractivity contribution in [3.63, 3.8) is 0 Å². The summed E-state index contributed by atoms with van der Waals surface area (Å²) in [5.41, 5.74) is 0.410. The molecule has 1 unspecified atom stereocenters. The Kier molecular flexibility index (Phi) is 3.90. The predicted octanol–water partition coefficient (Wildman–Crippen LogP) is 0.237. The molecule has 2 fully saturated rings. The number of pyridine rings is 1. The smallest absolute Gasteiger partial charge is 0.250 e. The first-order chi connectivity index (χ1) is 12.5. The number of aromatic nitrogens is 3. The van der Waals surface area contributed by atoms with E-state index in [-0.39, 0.29) is 29.3 Å². The summed E-state index contributed by atoms with van der Waals surface area (Å²) in [5, 5.41) is 4.13. The first-order valence-electron chi connectivity index (χ1n) is 8.68. The SMILES string of the molecule is Cn1cc(N2CC3(CCN(C(=O)Cn4ccccc4=O)C3)CC2=O)cn1. The fourth-order valence-corrected chi connectivity index (χ4v) is 3.94. The summed E-state index contributed by atoms with van der Waals surface area (Å²) in [4.78, 5) is 40.4. The van der Waals surface area contributed by atoms with Crippen LogP contribution in [-0.2, 0) is 23.2 Å². The molecule has 2 saturated heterocycles. The van der Waals surface area contributed by atoms with Crippen LogP contribution in [0.4, 0.5) is 5.69 Å². The third kappa shape index (κ3) is 2.91. The molecule has 0 radical (unpaired) electrons. The maximum Gasteiger partial charge on any atom is 0.250 e. The Labute approximate surface area is 150 Å². The molecule has 1 spiro atoms. The quantitative estimate of drug-likeness (QED) is 0.790. The van der Waals surface area contributed by atoms with Gasteiger partial charge in [0, 0.05) is 57.0 Å². The number of carbonyl (C=O) groups excluding carboxylic acids is 2. The Hall–Kier alpha value is -2.90. The average Bonchev–Trinajstić information content (AvgIpc) is 3.29. The zero-order chi connectivity index (χ0) is 18.3. The maximum absolute atomic E-state index is 12.6. The van der Waals surface area contributed by atoms with Crippen molar-refractivity contribution >= 4 is 17.5 Å². The lowest BCUT2D eigenvalue weighted by molar-refractivity contribution is -0.131. The molecule has 2 aliphatic heterocycles. The average molecular weight is 355 g/mol. The van der Waals surface area contributed by atoms with E-state index in [1.807, 2.05) is 13.2 Å². The van der Waals surface area contributed by atoms with E-state index in [1.54, 1.807) is 39.0 Å². The molecular weight excluding hydrogens is 334 g/mol. The Morgan fingerprint density at radius 1 is 1.27 bits per heavy atom. The molecule has 2 aliphatic rings. The van der Waals surface area contributed by atoms with Crippen LogP contribution in [-0.4, -0.2) is 50.7 Å². The van der Waals surface area contributed by atoms with Crippen LogP contribution < -0.4 is 10.5 Å². The minimum Gasteiger partial charge on any atom is -0.340 e. The van der Waals surface area contributed by atoms with Gasteiger partial charge in [0.05, 0.1) is 11.9 Å². The molecule has 0 bridgehead atoms. The number of carbonyl (C=O) groups is 2. The van der Waals surface area contributed by atoms with E-state index < -0.39 is 0 Å². The maximum atomic E-state index is 12.6. The Morgan fingerprint density at radius 2 is 2.12 bits per heavy atom. The fraction of sp³-hybridized carbons (Fsp3) is 0.444. The van der Waals surface area contributed by atoms with Crippen molar-refractivity contribution < 1.29 is 9.59 Å². The number of likely N-dealkylation sites (tertiary alicyclic amines) is 1. The minimum absolute atomic E-state index is 0.0377. The highest BCUT2D eigenvalue weighted by molar-refractivity contribution is 5.96. The Balaban J connectivity index is 1.45. The molecule has 4 heterocycles. The molecule has 8 heteroatoms. The molecule has 2 aromatic rings. The molecule has 8 nitrogen and oxygen atoms in total. The predicted molar refractivity (Wildman–Crippen MR) is 94.5 cm³/mol. The van der Waals surface area contributed by atoms with Gasteiger partial charge in [0.1, 0.15) is 6.54 Å². The lowest BCUT2D eigenvalue weighted by atomic mass is 9.86. The third-order valence-corrected chi connectivity index (χ3v) is 5.32. The number of nitrogens with zero attached hydrogens (tertiary/aromatic N) is 5. The highest BCUT2D eigenvalue weighted by atomic mass is 16.2. The summed E-state index contributed by atoms with van der Waals surface area (Å²) in [6.45, 7) is 1.81. The van der Waals surface area contributed by atoms with E-state index in [4.69, 9.17) is 0 Å². The van der Waals surface area contributed by atoms with Gasteiger partial charge in [0.25, 0.3) is 5.56 Å². The van der Waals surface area contributed by atoms with Gasteiger partial charge in [0.15, 0.2) is 0 Å². The van der Waals surface area contributed by atoms with Crippen LogP contribution in [0.5, 0.6) is 0 Å². The third-order valence-electron chi connectivity index (χ3n) is 5.32. The number of aryl methyl sites for hydroxylation is 1. The summed E-state index contributed by atoms with van der Waals surface area (Å²) < 4.78 is 3.09. The number of hydrogen-bond acceptors (Lipinski definition) is 4. The molecule has 26 heavy (non-hydrogen) atoms. The zero-order valence-corrected chi connectivity index (χ0v) is 14.7. The van der Waals surface area contributed by atoms with Crippen LogP contribution >= 0.6 is 0 Å². The van der Waals surface area contributed by atoms with E-state index in [2.05, 4.69) is 5.10 Å². The van der Waals surface area contributed by atoms with Gasteiger partial charge in [-0.15, -0.1) is 0 Å². The van der Waals surface area contributed by atoms with Crippen molar-refractivity contribution in [2.45, 2.75) is 19.4 Å². The second kappa shape index (κ2) is 6.12. The van der Waals surface area contributed by atoms with Gasteiger partial charge in [-0.3, -0.25) is 19.1 Å². The van der Waals surface area contributed by atoms with Crippen LogP contribution in [0, 0.1) is 5.41 Å². The van der Waals surface area contributed by atoms with Crippen molar-refractivity contribution in [2.75, 3.05) is 24.5 Å². The van der Waals surface area contributed by atoms with Gasteiger partial charge in [-0.05, 0) is 12.5 Å². The first-order valence-corrected chi connectivity index (χ1v) is 8.68. The second-order valence-electron chi connectivity index (χ2n) is 7.26. The van der Waals surface area contributed by atoms with Crippen LogP contribution in [0.2, 0.25) is 0 Å². The monoisotopic (exact) mass is 355 g/mol. The Morgan fingerprint density at radius 3 is 2.85 bits per heavy atom. The van der Waals surface area contributed by atoms with Crippen LogP contribution in [0.3, 0.4) is 0 Å². The molecule has 4 rings (SSSR count). The summed E-state index contributed by atoms with van der Waals surface area (Å²) in [7, 11) is 1.82. The van der Waals surface area contributed by atoms with Crippen molar-refractivity contribution in [3.8, 4) is 0 Å². The van der Waals surface area contributed by atoms with Crippen molar-refractivity contribution in [2.24, 2.45) is 12.5 Å². The van der Waals surface area contributed by atoms with Gasteiger partial charge in [-0.1, -0.05) is 6.07 Å². The summed E-state index contributed by atoms with van der Waals surface area (Å²) in [6, 6.07) is 4.84. The molecule has 2 amide bonds. The van der Waals surface area contributed by atoms with Crippen molar-refractivity contribution in [1.82, 2.24) is 19.2 Å². The summed E-state index contributed by atoms with van der Waals surface area (Å²) in [6.07, 6.45) is 6.38. The van der Waals surface area contributed by atoms with Crippen LogP contribution in [0.15, 0.2) is 41.6 Å². The molecule has 1 atom stereocenters. The summed E-state index contributed by atoms with van der Waals surface area (Å²) in [5.74, 6) is -0.00553. The highest BCUT2D eigenvalue weighted by Crippen LogP contribution is 2.41. The lowest BCUT2D eigenvalue weighted by Crippen LogP contribution is -2.37. The largest absolute Gasteiger partial charge is 0.340 e. The number of anilines is 1. The van der Waals surface area contributed by atoms with E-state index in [0.29, 0.717) is 26.1 Å². The Bertz CT molecular complexity index is 917. The van der Waals surface area contributed by atoms with Gasteiger partial charge in [-0.2, -0.15) is 5.10 Å². The first kappa shape index (κ1) is 16.6. The minimum atomic E-state index is -0.204. The van der Waals surface area contributed by atoms with Gasteiger partial charge in [0.2, 0.25) is 11.8 Å². The normalized spacial score (nSPS) is 22.6. The van der Waals surface area contributed by atoms with E-state index in [1.165, 1.54) is 10.6 Å². The van der Waals surface area contributed by atoms with Crippen molar-refractivity contribution in [3.05, 3.63) is 47.1 Å². The van der Waals surface area contributed by atoms with Gasteiger partial charge in [-0.25, -0.2) is 0 Å². The molecule has 2 aromatic heterocycles. The number of rotatable bonds is 3. The molecule has 0 N–H and O–H groups in total. The van der Waals surface area contributed by atoms with Gasteiger partial charge < -0.3 is 14.4 Å². The second-order valence-corrected chi connectivity index (χ2v) is 7.26. The molecular formula is C18H21N5O3. The zero-order valence-electron chi connectivity index (χ0n) is 14.7. The number of amides is 2. The molecule has 0 saturated carbocycles. The molecule has 0 aromatic carbocycles. The van der Waals surface area contributed by atoms with Crippen LogP contribution in [0.25, 0.3) is 0 Å². The lowest BCUT2D eigenvalue weighted by Gasteiger charge is -2.24. The topological polar surface area (TPSA) is 80.4 Å². The van der Waals surface area contributed by atoms with Gasteiger partial charge >= 0.3 is 0 Å². The molecule has 136 valence electrons. The van der Waals surface area contributed by atoms with Crippen LogP contribution in [0.1, 0.15) is 12.8 Å². The highest BCUT2D eigenvalue weighted by Gasteiger charge is 2.48. The van der Waals surface area contributed by atoms with E-state index in [9.17, 15) is 14.4 Å². The molecule has 0 aliphatic carbocycles. The van der Waals surface area contributed by atoms with E-state index in [0.717, 1.165) is 12.1 Å². The fourth-order valence-electron chi connectivity index (χ4n) is 3.94. The number of hydrogen-bond donors (Lipinski definition) is 0. The van der Waals surface area contributed by atoms with Crippen molar-refractivity contribution in [1.29, 1.82) is 0 Å². The van der Waals surface area contributed by atoms with E-state index >= 15 is 0 Å². The summed E-state index contributed by atoms with van der Waals surface area (Å²) >= 11 is 0.